The van der Waals surface area contributed by atoms with Crippen LogP contribution in [0.3, 0.4) is 0 Å². The number of aromatic nitrogens is 2. The second-order valence-corrected chi connectivity index (χ2v) is 7.51. The number of rotatable bonds is 2. The van der Waals surface area contributed by atoms with Gasteiger partial charge in [-0.1, -0.05) is 0 Å². The normalized spacial score (nSPS) is 20.8. The summed E-state index contributed by atoms with van der Waals surface area (Å²) in [4.78, 5) is 21.6. The van der Waals surface area contributed by atoms with Crippen LogP contribution < -0.4 is 0 Å². The molecule has 122 valence electrons. The molecule has 6 heteroatoms. The monoisotopic (exact) mass is 331 g/mol. The number of hydrogen-bond acceptors (Lipinski definition) is 4. The van der Waals surface area contributed by atoms with Gasteiger partial charge in [0.15, 0.2) is 0 Å². The van der Waals surface area contributed by atoms with Crippen LogP contribution in [0.2, 0.25) is 0 Å². The number of fused-ring (bicyclic) bond motifs is 1. The zero-order chi connectivity index (χ0) is 16.0. The first-order chi connectivity index (χ1) is 11.1. The minimum atomic E-state index is -0.141. The number of carbonyl (C=O) groups excluding carboxylic acids is 1. The van der Waals surface area contributed by atoms with Crippen molar-refractivity contribution in [1.29, 1.82) is 0 Å². The lowest BCUT2D eigenvalue weighted by Gasteiger charge is -2.32. The summed E-state index contributed by atoms with van der Waals surface area (Å²) >= 11 is 1.68. The van der Waals surface area contributed by atoms with Crippen LogP contribution in [-0.2, 0) is 24.6 Å². The molecule has 1 aliphatic carbocycles. The number of imidazole rings is 1. The Hall–Kier alpha value is -1.66. The van der Waals surface area contributed by atoms with Crippen molar-refractivity contribution < 1.29 is 9.53 Å². The molecule has 1 amide bonds. The van der Waals surface area contributed by atoms with Gasteiger partial charge in [0, 0.05) is 24.7 Å². The average molecular weight is 331 g/mol. The Morgan fingerprint density at radius 1 is 1.43 bits per heavy atom. The zero-order valence-corrected chi connectivity index (χ0v) is 14.4. The van der Waals surface area contributed by atoms with Gasteiger partial charge in [0.05, 0.1) is 23.7 Å². The van der Waals surface area contributed by atoms with Crippen LogP contribution in [0.25, 0.3) is 0 Å². The summed E-state index contributed by atoms with van der Waals surface area (Å²) < 4.78 is 7.86. The summed E-state index contributed by atoms with van der Waals surface area (Å²) in [5.74, 6) is 1.04. The van der Waals surface area contributed by atoms with Crippen LogP contribution in [0.5, 0.6) is 0 Å². The Balaban J connectivity index is 1.52. The zero-order valence-electron chi connectivity index (χ0n) is 13.5. The van der Waals surface area contributed by atoms with Gasteiger partial charge in [-0.3, -0.25) is 4.79 Å². The summed E-state index contributed by atoms with van der Waals surface area (Å²) in [5.41, 5.74) is 2.35. The van der Waals surface area contributed by atoms with Crippen molar-refractivity contribution in [1.82, 2.24) is 14.5 Å². The smallest absolute Gasteiger partial charge is 0.264 e. The largest absolute Gasteiger partial charge is 0.367 e. The van der Waals surface area contributed by atoms with E-state index in [0.717, 1.165) is 29.2 Å². The summed E-state index contributed by atoms with van der Waals surface area (Å²) in [7, 11) is 1.98. The highest BCUT2D eigenvalue weighted by Gasteiger charge is 2.30. The van der Waals surface area contributed by atoms with Gasteiger partial charge in [0.25, 0.3) is 5.91 Å². The molecule has 4 rings (SSSR count). The topological polar surface area (TPSA) is 47.4 Å². The predicted molar refractivity (Wildman–Crippen MR) is 88.9 cm³/mol. The standard InChI is InChI=1S/C17H21N3O2S/c1-11-9-19(2)16(18-11)13-10-20(6-7-22-13)17(21)15-8-12-4-3-5-14(12)23-15/h8-9,13H,3-7,10H2,1-2H3/t13-/m0/s1. The van der Waals surface area contributed by atoms with E-state index in [4.69, 9.17) is 4.74 Å². The molecule has 1 atom stereocenters. The number of amides is 1. The summed E-state index contributed by atoms with van der Waals surface area (Å²) in [5, 5.41) is 0. The Kier molecular flexibility index (Phi) is 3.73. The van der Waals surface area contributed by atoms with Gasteiger partial charge >= 0.3 is 0 Å². The van der Waals surface area contributed by atoms with Crippen LogP contribution in [0.4, 0.5) is 0 Å². The number of morpholine rings is 1. The van der Waals surface area contributed by atoms with Gasteiger partial charge < -0.3 is 14.2 Å². The van der Waals surface area contributed by atoms with Gasteiger partial charge in [-0.2, -0.15) is 0 Å². The number of carbonyl (C=O) groups is 1. The van der Waals surface area contributed by atoms with Crippen molar-refractivity contribution in [3.63, 3.8) is 0 Å². The fourth-order valence-corrected chi connectivity index (χ4v) is 4.74. The van der Waals surface area contributed by atoms with Crippen molar-refractivity contribution in [2.24, 2.45) is 7.05 Å². The molecule has 23 heavy (non-hydrogen) atoms. The third kappa shape index (κ3) is 2.70. The number of thiophene rings is 1. The second-order valence-electron chi connectivity index (χ2n) is 6.37. The molecule has 2 aromatic heterocycles. The Labute approximate surface area is 139 Å². The SMILES string of the molecule is Cc1cn(C)c([C@@H]2CN(C(=O)c3cc4c(s3)CCC4)CCO2)n1. The molecule has 3 heterocycles. The van der Waals surface area contributed by atoms with E-state index >= 15 is 0 Å². The van der Waals surface area contributed by atoms with Gasteiger partial charge in [-0.05, 0) is 37.8 Å². The maximum Gasteiger partial charge on any atom is 0.264 e. The molecule has 0 N–H and O–H groups in total. The van der Waals surface area contributed by atoms with Crippen LogP contribution in [0.1, 0.15) is 44.2 Å². The van der Waals surface area contributed by atoms with E-state index in [2.05, 4.69) is 11.1 Å². The average Bonchev–Trinajstić information content (AvgIpc) is 3.21. The number of aryl methyl sites for hydroxylation is 4. The maximum atomic E-state index is 12.8. The van der Waals surface area contributed by atoms with Crippen molar-refractivity contribution in [3.8, 4) is 0 Å². The molecule has 2 aromatic rings. The molecule has 2 aliphatic rings. The van der Waals surface area contributed by atoms with E-state index < -0.39 is 0 Å². The third-order valence-corrected chi connectivity index (χ3v) is 5.86. The number of ether oxygens (including phenoxy) is 1. The first-order valence-corrected chi connectivity index (χ1v) is 8.96. The van der Waals surface area contributed by atoms with Crippen molar-refractivity contribution in [2.75, 3.05) is 19.7 Å². The number of hydrogen-bond donors (Lipinski definition) is 0. The molecular weight excluding hydrogens is 310 g/mol. The van der Waals surface area contributed by atoms with E-state index in [9.17, 15) is 4.79 Å². The molecule has 0 bridgehead atoms. The van der Waals surface area contributed by atoms with Crippen LogP contribution in [-0.4, -0.2) is 40.1 Å². The van der Waals surface area contributed by atoms with E-state index in [-0.39, 0.29) is 12.0 Å². The number of nitrogens with zero attached hydrogens (tertiary/aromatic N) is 3. The molecule has 1 fully saturated rings. The summed E-state index contributed by atoms with van der Waals surface area (Å²) in [6.45, 7) is 3.77. The van der Waals surface area contributed by atoms with Crippen LogP contribution >= 0.6 is 11.3 Å². The molecule has 0 saturated carbocycles. The third-order valence-electron chi connectivity index (χ3n) is 4.63. The Morgan fingerprint density at radius 3 is 3.04 bits per heavy atom. The van der Waals surface area contributed by atoms with Crippen LogP contribution in [0, 0.1) is 6.92 Å². The minimum Gasteiger partial charge on any atom is -0.367 e. The molecule has 0 aromatic carbocycles. The lowest BCUT2D eigenvalue weighted by atomic mass is 10.2. The molecule has 0 radical (unpaired) electrons. The van der Waals surface area contributed by atoms with E-state index in [0.29, 0.717) is 19.7 Å². The lowest BCUT2D eigenvalue weighted by Crippen LogP contribution is -2.42. The molecule has 1 aliphatic heterocycles. The summed E-state index contributed by atoms with van der Waals surface area (Å²) in [6.07, 6.45) is 5.33. The van der Waals surface area contributed by atoms with Crippen molar-refractivity contribution in [3.05, 3.63) is 39.1 Å². The van der Waals surface area contributed by atoms with Crippen molar-refractivity contribution >= 4 is 17.2 Å². The fraction of sp³-hybridized carbons (Fsp3) is 0.529. The van der Waals surface area contributed by atoms with E-state index in [1.54, 1.807) is 11.3 Å². The highest BCUT2D eigenvalue weighted by Crippen LogP contribution is 2.32. The van der Waals surface area contributed by atoms with Gasteiger partial charge in [0.2, 0.25) is 0 Å². The van der Waals surface area contributed by atoms with Crippen molar-refractivity contribution in [2.45, 2.75) is 32.3 Å². The van der Waals surface area contributed by atoms with Gasteiger partial charge in [0.1, 0.15) is 11.9 Å². The van der Waals surface area contributed by atoms with Crippen LogP contribution in [0.15, 0.2) is 12.3 Å². The molecule has 0 unspecified atom stereocenters. The first kappa shape index (κ1) is 14.9. The first-order valence-electron chi connectivity index (χ1n) is 8.14. The molecule has 0 spiro atoms. The second kappa shape index (κ2) is 5.76. The van der Waals surface area contributed by atoms with Gasteiger partial charge in [-0.25, -0.2) is 4.98 Å². The Bertz CT molecular complexity index is 728. The molecule has 1 saturated heterocycles. The quantitative estimate of drug-likeness (QED) is 0.849. The summed E-state index contributed by atoms with van der Waals surface area (Å²) in [6, 6.07) is 2.10. The molecular formula is C17H21N3O2S. The highest BCUT2D eigenvalue weighted by atomic mass is 32.1. The van der Waals surface area contributed by atoms with E-state index in [1.165, 1.54) is 16.9 Å². The fourth-order valence-electron chi connectivity index (χ4n) is 3.51. The van der Waals surface area contributed by atoms with Gasteiger partial charge in [-0.15, -0.1) is 11.3 Å². The maximum absolute atomic E-state index is 12.8. The Morgan fingerprint density at radius 2 is 2.30 bits per heavy atom. The minimum absolute atomic E-state index is 0.141. The highest BCUT2D eigenvalue weighted by molar-refractivity contribution is 7.14. The van der Waals surface area contributed by atoms with E-state index in [1.807, 2.05) is 29.6 Å². The lowest BCUT2D eigenvalue weighted by molar-refractivity contribution is -0.0277. The molecule has 5 nitrogen and oxygen atoms in total. The predicted octanol–water partition coefficient (Wildman–Crippen LogP) is 2.49.